The van der Waals surface area contributed by atoms with Crippen molar-refractivity contribution in [1.82, 2.24) is 33.8 Å². The van der Waals surface area contributed by atoms with Crippen molar-refractivity contribution in [1.29, 1.82) is 0 Å². The van der Waals surface area contributed by atoms with Gasteiger partial charge in [-0.3, -0.25) is 19.7 Å². The number of fused-ring (bicyclic) bond motifs is 1. The highest BCUT2D eigenvalue weighted by Gasteiger charge is 2.35. The largest absolute Gasteiger partial charge is 0.494 e. The van der Waals surface area contributed by atoms with E-state index in [9.17, 15) is 31.6 Å². The normalized spacial score (nSPS) is 21.0. The van der Waals surface area contributed by atoms with E-state index in [-0.39, 0.29) is 35.4 Å². The number of piperidine rings is 2. The zero-order valence-electron chi connectivity index (χ0n) is 29.8. The van der Waals surface area contributed by atoms with Crippen molar-refractivity contribution in [2.45, 2.75) is 82.6 Å². The molecular weight excluding hydrogens is 711 g/mol. The molecule has 3 N–H and O–H groups in total. The maximum atomic E-state index is 13.4. The summed E-state index contributed by atoms with van der Waals surface area (Å²) in [6.45, 7) is 3.90. The van der Waals surface area contributed by atoms with E-state index in [4.69, 9.17) is 4.74 Å². The maximum absolute atomic E-state index is 13.4. The molecule has 17 heteroatoms. The smallest absolute Gasteiger partial charge is 0.282 e. The van der Waals surface area contributed by atoms with Gasteiger partial charge in [0.2, 0.25) is 17.8 Å². The van der Waals surface area contributed by atoms with E-state index >= 15 is 0 Å². The van der Waals surface area contributed by atoms with Crippen molar-refractivity contribution in [2.24, 2.45) is 0 Å². The zero-order chi connectivity index (χ0) is 37.4. The number of aromatic nitrogens is 3. The first-order valence-electron chi connectivity index (χ1n) is 18.6. The first-order valence-corrected chi connectivity index (χ1v) is 20.0. The number of nitrogens with zero attached hydrogens (tertiary/aromatic N) is 5. The number of imide groups is 1. The molecule has 1 atom stereocenters. The summed E-state index contributed by atoms with van der Waals surface area (Å²) in [5.74, 6) is 0.00152. The van der Waals surface area contributed by atoms with Crippen molar-refractivity contribution < 1.29 is 31.5 Å². The van der Waals surface area contributed by atoms with E-state index in [0.717, 1.165) is 24.6 Å². The van der Waals surface area contributed by atoms with Crippen LogP contribution in [0.15, 0.2) is 41.3 Å². The number of H-pyrrole nitrogens is 1. The van der Waals surface area contributed by atoms with Gasteiger partial charge in [-0.1, -0.05) is 44.2 Å². The van der Waals surface area contributed by atoms with Gasteiger partial charge in [-0.15, -0.1) is 0 Å². The molecule has 2 aromatic heterocycles. The lowest BCUT2D eigenvalue weighted by Crippen LogP contribution is -2.55. The molecule has 4 fully saturated rings. The van der Waals surface area contributed by atoms with Crippen molar-refractivity contribution in [3.8, 4) is 5.75 Å². The summed E-state index contributed by atoms with van der Waals surface area (Å²) in [6.07, 6.45) is 8.56. The Kier molecular flexibility index (Phi) is 13.0. The van der Waals surface area contributed by atoms with Crippen LogP contribution in [-0.2, 0) is 19.8 Å². The molecule has 3 saturated heterocycles. The number of anilines is 1. The number of alkyl halides is 2. The van der Waals surface area contributed by atoms with Gasteiger partial charge in [-0.2, -0.15) is 22.0 Å². The molecule has 1 aliphatic carbocycles. The molecule has 1 saturated carbocycles. The maximum Gasteiger partial charge on any atom is 0.282 e. The van der Waals surface area contributed by atoms with Gasteiger partial charge in [-0.25, -0.2) is 13.8 Å². The standard InChI is InChI=1S/C31H38F2N8O6S.C5H10/c32-27(33)25-18-21-19-34-31(38-28(21)37-30(25)44)35-22-7-10-40(11-8-22)48(45,46)41-14-12-39(13-15-41)9-2-16-47-23-4-1-3-20(17-23)24-5-6-26(42)36-29(24)43;1-2-4-5-3-1/h1,3-4,17-19,22,24,27H,2,5-16H2,(H,36,42,43)(H2,34,35,37,38,44);1-5H2. The number of rotatable bonds is 11. The lowest BCUT2D eigenvalue weighted by molar-refractivity contribution is -0.134. The summed E-state index contributed by atoms with van der Waals surface area (Å²) < 4.78 is 61.8. The second-order valence-corrected chi connectivity index (χ2v) is 15.9. The lowest BCUT2D eigenvalue weighted by Gasteiger charge is -2.39. The SMILES string of the molecule is C1CCCC1.O=C1CCC(c2cccc(OCCCN3CCN(S(=O)(=O)N4CCC(Nc5ncc6cc(C(F)F)c(=O)[nH]c6n5)CC4)CC3)c2)C(=O)N1. The Labute approximate surface area is 307 Å². The Hall–Kier alpha value is -4.06. The molecule has 2 amide bonds. The fourth-order valence-electron chi connectivity index (χ4n) is 7.20. The van der Waals surface area contributed by atoms with Gasteiger partial charge < -0.3 is 19.9 Å². The Balaban J connectivity index is 0.000000887. The van der Waals surface area contributed by atoms with E-state index in [1.54, 1.807) is 0 Å². The van der Waals surface area contributed by atoms with Crippen LogP contribution in [0, 0.1) is 0 Å². The van der Waals surface area contributed by atoms with Crippen LogP contribution in [0.5, 0.6) is 5.75 Å². The molecule has 3 aliphatic heterocycles. The number of pyridine rings is 1. The highest BCUT2D eigenvalue weighted by atomic mass is 32.2. The van der Waals surface area contributed by atoms with E-state index < -0.39 is 27.8 Å². The topological polar surface area (TPSA) is 170 Å². The van der Waals surface area contributed by atoms with Crippen molar-refractivity contribution in [3.63, 3.8) is 0 Å². The number of carbonyl (C=O) groups excluding carboxylic acids is 2. The summed E-state index contributed by atoms with van der Waals surface area (Å²) in [7, 11) is -3.62. The minimum Gasteiger partial charge on any atom is -0.494 e. The van der Waals surface area contributed by atoms with Crippen LogP contribution < -0.4 is 20.9 Å². The monoisotopic (exact) mass is 758 g/mol. The number of hydrogen-bond donors (Lipinski definition) is 3. The molecule has 4 aliphatic rings. The Morgan fingerprint density at radius 3 is 2.30 bits per heavy atom. The zero-order valence-corrected chi connectivity index (χ0v) is 30.6. The quantitative estimate of drug-likeness (QED) is 0.192. The number of aromatic amines is 1. The number of hydrogen-bond acceptors (Lipinski definition) is 10. The summed E-state index contributed by atoms with van der Waals surface area (Å²) in [6, 6.07) is 8.37. The van der Waals surface area contributed by atoms with Crippen LogP contribution in [0.2, 0.25) is 0 Å². The summed E-state index contributed by atoms with van der Waals surface area (Å²) in [4.78, 5) is 48.6. The first kappa shape index (κ1) is 38.7. The highest BCUT2D eigenvalue weighted by Crippen LogP contribution is 2.28. The van der Waals surface area contributed by atoms with Crippen LogP contribution in [0.4, 0.5) is 14.7 Å². The molecule has 3 aromatic rings. The molecule has 0 radical (unpaired) electrons. The number of benzene rings is 1. The predicted octanol–water partition coefficient (Wildman–Crippen LogP) is 3.93. The van der Waals surface area contributed by atoms with Crippen LogP contribution in [0.1, 0.15) is 87.7 Å². The second-order valence-electron chi connectivity index (χ2n) is 14.0. The van der Waals surface area contributed by atoms with E-state index in [1.807, 2.05) is 24.3 Å². The van der Waals surface area contributed by atoms with Gasteiger partial charge >= 0.3 is 0 Å². The van der Waals surface area contributed by atoms with E-state index in [1.165, 1.54) is 46.9 Å². The van der Waals surface area contributed by atoms with E-state index in [2.05, 4.69) is 30.5 Å². The highest BCUT2D eigenvalue weighted by molar-refractivity contribution is 7.86. The van der Waals surface area contributed by atoms with Gasteiger partial charge in [0.1, 0.15) is 11.4 Å². The average molecular weight is 759 g/mol. The van der Waals surface area contributed by atoms with Gasteiger partial charge in [0.15, 0.2) is 0 Å². The first-order chi connectivity index (χ1) is 25.6. The van der Waals surface area contributed by atoms with Crippen LogP contribution in [-0.4, -0.2) is 107 Å². The lowest BCUT2D eigenvalue weighted by atomic mass is 9.90. The van der Waals surface area contributed by atoms with Crippen molar-refractivity contribution in [2.75, 3.05) is 57.7 Å². The Morgan fingerprint density at radius 1 is 0.925 bits per heavy atom. The van der Waals surface area contributed by atoms with E-state index in [0.29, 0.717) is 82.7 Å². The van der Waals surface area contributed by atoms with Crippen LogP contribution in [0.25, 0.3) is 11.0 Å². The molecule has 5 heterocycles. The molecular formula is C36H48F2N8O6S. The number of piperazine rings is 1. The number of ether oxygens (including phenoxy) is 1. The Morgan fingerprint density at radius 2 is 1.62 bits per heavy atom. The third-order valence-electron chi connectivity index (χ3n) is 10.3. The number of carbonyl (C=O) groups is 2. The summed E-state index contributed by atoms with van der Waals surface area (Å²) >= 11 is 0. The fraction of sp³-hybridized carbons (Fsp3) is 0.583. The number of nitrogens with one attached hydrogen (secondary N) is 3. The molecule has 0 bridgehead atoms. The molecule has 0 spiro atoms. The minimum atomic E-state index is -3.62. The van der Waals surface area contributed by atoms with Crippen molar-refractivity contribution in [3.05, 3.63) is 58.0 Å². The third-order valence-corrected chi connectivity index (χ3v) is 12.3. The molecule has 1 unspecified atom stereocenters. The minimum absolute atomic E-state index is 0.0973. The average Bonchev–Trinajstić information content (AvgIpc) is 3.74. The Bertz CT molecular complexity index is 1890. The molecule has 53 heavy (non-hydrogen) atoms. The number of amides is 2. The molecule has 288 valence electrons. The number of halogens is 2. The molecule has 14 nitrogen and oxygen atoms in total. The van der Waals surface area contributed by atoms with Gasteiger partial charge in [0, 0.05) is 69.9 Å². The molecule has 7 rings (SSSR count). The van der Waals surface area contributed by atoms with Crippen LogP contribution >= 0.6 is 0 Å². The predicted molar refractivity (Wildman–Crippen MR) is 195 cm³/mol. The second kappa shape index (κ2) is 17.8. The van der Waals surface area contributed by atoms with Crippen LogP contribution in [0.3, 0.4) is 0 Å². The van der Waals surface area contributed by atoms with Crippen molar-refractivity contribution >= 4 is 39.0 Å². The van der Waals surface area contributed by atoms with Gasteiger partial charge in [0.25, 0.3) is 22.2 Å². The van der Waals surface area contributed by atoms with Gasteiger partial charge in [-0.05, 0) is 49.4 Å². The third kappa shape index (κ3) is 10.1. The fourth-order valence-corrected chi connectivity index (χ4v) is 8.82. The molecule has 1 aromatic carbocycles. The summed E-state index contributed by atoms with van der Waals surface area (Å²) in [5.41, 5.74) is -0.574. The summed E-state index contributed by atoms with van der Waals surface area (Å²) in [5, 5.41) is 5.85. The van der Waals surface area contributed by atoms with Gasteiger partial charge in [0.05, 0.1) is 18.1 Å².